The first kappa shape index (κ1) is 13.4. The number of carbonyl (C=O) groups is 3. The standard InChI is InChI=1S/C8H15N3O4/c1-5(9)8(14)11-3-6(12)10-4-7(13)15-2/h5H,3-4,9H2,1-2H3,(H,10,12)(H,11,14)/t5-/m0/s1. The molecule has 0 aromatic heterocycles. The molecule has 0 fully saturated rings. The molecule has 0 bridgehead atoms. The van der Waals surface area contributed by atoms with Crippen molar-refractivity contribution in [3.63, 3.8) is 0 Å². The van der Waals surface area contributed by atoms with Crippen molar-refractivity contribution in [1.29, 1.82) is 0 Å². The number of nitrogens with two attached hydrogens (primary N) is 1. The summed E-state index contributed by atoms with van der Waals surface area (Å²) in [6.45, 7) is 1.07. The Morgan fingerprint density at radius 3 is 2.33 bits per heavy atom. The smallest absolute Gasteiger partial charge is 0.325 e. The molecule has 0 heterocycles. The molecule has 2 amide bonds. The van der Waals surface area contributed by atoms with Crippen molar-refractivity contribution in [3.8, 4) is 0 Å². The molecule has 0 radical (unpaired) electrons. The summed E-state index contributed by atoms with van der Waals surface area (Å²) in [5, 5.41) is 4.55. The lowest BCUT2D eigenvalue weighted by Crippen LogP contribution is -2.44. The van der Waals surface area contributed by atoms with Gasteiger partial charge in [0.2, 0.25) is 11.8 Å². The van der Waals surface area contributed by atoms with Gasteiger partial charge in [-0.3, -0.25) is 14.4 Å². The van der Waals surface area contributed by atoms with Gasteiger partial charge in [-0.15, -0.1) is 0 Å². The number of esters is 1. The summed E-state index contributed by atoms with van der Waals surface area (Å²) >= 11 is 0. The van der Waals surface area contributed by atoms with Crippen LogP contribution in [0.25, 0.3) is 0 Å². The minimum absolute atomic E-state index is 0.211. The Hall–Kier alpha value is -1.63. The highest BCUT2D eigenvalue weighted by molar-refractivity contribution is 5.88. The molecule has 0 unspecified atom stereocenters. The molecule has 0 aliphatic carbocycles. The second kappa shape index (κ2) is 6.77. The van der Waals surface area contributed by atoms with E-state index in [1.54, 1.807) is 0 Å². The topological polar surface area (TPSA) is 111 Å². The van der Waals surface area contributed by atoms with Crippen molar-refractivity contribution in [2.24, 2.45) is 5.73 Å². The number of methoxy groups -OCH3 is 1. The van der Waals surface area contributed by atoms with Crippen LogP contribution in [-0.4, -0.2) is 44.0 Å². The van der Waals surface area contributed by atoms with Gasteiger partial charge in [0.1, 0.15) is 6.54 Å². The van der Waals surface area contributed by atoms with E-state index in [1.807, 2.05) is 0 Å². The average molecular weight is 217 g/mol. The Labute approximate surface area is 87.3 Å². The summed E-state index contributed by atoms with van der Waals surface area (Å²) in [6, 6.07) is -0.668. The molecular weight excluding hydrogens is 202 g/mol. The summed E-state index contributed by atoms with van der Waals surface area (Å²) in [5.41, 5.74) is 5.25. The molecule has 7 heteroatoms. The molecule has 0 aliphatic rings. The summed E-state index contributed by atoms with van der Waals surface area (Å²) in [4.78, 5) is 32.6. The summed E-state index contributed by atoms with van der Waals surface area (Å²) in [7, 11) is 1.21. The van der Waals surface area contributed by atoms with Crippen LogP contribution < -0.4 is 16.4 Å². The van der Waals surface area contributed by atoms with E-state index in [2.05, 4.69) is 15.4 Å². The van der Waals surface area contributed by atoms with Crippen LogP contribution in [-0.2, 0) is 19.1 Å². The van der Waals surface area contributed by atoms with Crippen molar-refractivity contribution >= 4 is 17.8 Å². The fourth-order valence-electron chi connectivity index (χ4n) is 0.634. The molecule has 7 nitrogen and oxygen atoms in total. The molecule has 0 spiro atoms. The number of nitrogens with one attached hydrogen (secondary N) is 2. The molecule has 0 saturated heterocycles. The summed E-state index contributed by atoms with van der Waals surface area (Å²) in [5.74, 6) is -1.46. The average Bonchev–Trinajstić information content (AvgIpc) is 2.21. The fraction of sp³-hybridized carbons (Fsp3) is 0.625. The maximum absolute atomic E-state index is 11.0. The molecule has 0 aliphatic heterocycles. The molecule has 4 N–H and O–H groups in total. The predicted molar refractivity (Wildman–Crippen MR) is 51.7 cm³/mol. The third kappa shape index (κ3) is 6.44. The van der Waals surface area contributed by atoms with Crippen LogP contribution in [0.15, 0.2) is 0 Å². The molecule has 1 atom stereocenters. The van der Waals surface area contributed by atoms with E-state index in [0.29, 0.717) is 0 Å². The van der Waals surface area contributed by atoms with Gasteiger partial charge < -0.3 is 21.1 Å². The van der Waals surface area contributed by atoms with Crippen LogP contribution in [0.2, 0.25) is 0 Å². The lowest BCUT2D eigenvalue weighted by molar-refractivity contribution is -0.141. The lowest BCUT2D eigenvalue weighted by atomic mass is 10.3. The molecular formula is C8H15N3O4. The third-order valence-electron chi connectivity index (χ3n) is 1.49. The Kier molecular flexibility index (Phi) is 6.03. The van der Waals surface area contributed by atoms with E-state index in [1.165, 1.54) is 14.0 Å². The second-order valence-corrected chi connectivity index (χ2v) is 2.86. The highest BCUT2D eigenvalue weighted by atomic mass is 16.5. The highest BCUT2D eigenvalue weighted by Crippen LogP contribution is 1.75. The van der Waals surface area contributed by atoms with Gasteiger partial charge in [-0.05, 0) is 6.92 Å². The quantitative estimate of drug-likeness (QED) is 0.450. The Morgan fingerprint density at radius 2 is 1.87 bits per heavy atom. The Morgan fingerprint density at radius 1 is 1.27 bits per heavy atom. The Bertz CT molecular complexity index is 252. The van der Waals surface area contributed by atoms with Gasteiger partial charge in [0.05, 0.1) is 19.7 Å². The Balaban J connectivity index is 3.67. The summed E-state index contributed by atoms with van der Waals surface area (Å²) < 4.78 is 4.30. The largest absolute Gasteiger partial charge is 0.468 e. The number of carbonyl (C=O) groups excluding carboxylic acids is 3. The number of rotatable bonds is 5. The zero-order valence-electron chi connectivity index (χ0n) is 8.70. The molecule has 0 aromatic carbocycles. The van der Waals surface area contributed by atoms with E-state index in [-0.39, 0.29) is 13.1 Å². The van der Waals surface area contributed by atoms with E-state index < -0.39 is 23.8 Å². The second-order valence-electron chi connectivity index (χ2n) is 2.86. The van der Waals surface area contributed by atoms with Crippen molar-refractivity contribution in [3.05, 3.63) is 0 Å². The van der Waals surface area contributed by atoms with Gasteiger partial charge in [0.25, 0.3) is 0 Å². The van der Waals surface area contributed by atoms with Gasteiger partial charge in [-0.1, -0.05) is 0 Å². The van der Waals surface area contributed by atoms with E-state index in [0.717, 1.165) is 0 Å². The number of amides is 2. The predicted octanol–water partition coefficient (Wildman–Crippen LogP) is -2.26. The van der Waals surface area contributed by atoms with E-state index in [9.17, 15) is 14.4 Å². The van der Waals surface area contributed by atoms with E-state index >= 15 is 0 Å². The lowest BCUT2D eigenvalue weighted by Gasteiger charge is -2.07. The number of hydrogen-bond acceptors (Lipinski definition) is 5. The summed E-state index contributed by atoms with van der Waals surface area (Å²) in [6.07, 6.45) is 0. The van der Waals surface area contributed by atoms with E-state index in [4.69, 9.17) is 5.73 Å². The fourth-order valence-corrected chi connectivity index (χ4v) is 0.634. The first-order valence-electron chi connectivity index (χ1n) is 4.34. The monoisotopic (exact) mass is 217 g/mol. The van der Waals surface area contributed by atoms with Crippen LogP contribution in [0.4, 0.5) is 0 Å². The minimum atomic E-state index is -0.668. The molecule has 0 rings (SSSR count). The van der Waals surface area contributed by atoms with Crippen LogP contribution in [0.5, 0.6) is 0 Å². The van der Waals surface area contributed by atoms with Gasteiger partial charge in [-0.2, -0.15) is 0 Å². The van der Waals surface area contributed by atoms with Crippen molar-refractivity contribution in [2.45, 2.75) is 13.0 Å². The zero-order chi connectivity index (χ0) is 11.8. The van der Waals surface area contributed by atoms with Crippen molar-refractivity contribution < 1.29 is 19.1 Å². The maximum Gasteiger partial charge on any atom is 0.325 e. The third-order valence-corrected chi connectivity index (χ3v) is 1.49. The minimum Gasteiger partial charge on any atom is -0.468 e. The molecule has 86 valence electrons. The normalized spacial score (nSPS) is 11.4. The van der Waals surface area contributed by atoms with Crippen LogP contribution in [0, 0.1) is 0 Å². The van der Waals surface area contributed by atoms with Gasteiger partial charge in [0.15, 0.2) is 0 Å². The molecule has 15 heavy (non-hydrogen) atoms. The number of hydrogen-bond donors (Lipinski definition) is 3. The van der Waals surface area contributed by atoms with Gasteiger partial charge in [0, 0.05) is 0 Å². The highest BCUT2D eigenvalue weighted by Gasteiger charge is 2.09. The molecule has 0 aromatic rings. The van der Waals surface area contributed by atoms with Crippen LogP contribution >= 0.6 is 0 Å². The van der Waals surface area contributed by atoms with Crippen LogP contribution in [0.3, 0.4) is 0 Å². The SMILES string of the molecule is COC(=O)CNC(=O)CNC(=O)[C@H](C)N. The first-order chi connectivity index (χ1) is 6.97. The van der Waals surface area contributed by atoms with Gasteiger partial charge in [-0.25, -0.2) is 0 Å². The molecule has 0 saturated carbocycles. The van der Waals surface area contributed by atoms with Gasteiger partial charge >= 0.3 is 5.97 Å². The zero-order valence-corrected chi connectivity index (χ0v) is 8.70. The maximum atomic E-state index is 11.0. The first-order valence-corrected chi connectivity index (χ1v) is 4.34. The van der Waals surface area contributed by atoms with Crippen molar-refractivity contribution in [2.75, 3.05) is 20.2 Å². The van der Waals surface area contributed by atoms with Crippen LogP contribution in [0.1, 0.15) is 6.92 Å². The number of ether oxygens (including phenoxy) is 1. The van der Waals surface area contributed by atoms with Crippen molar-refractivity contribution in [1.82, 2.24) is 10.6 Å².